The summed E-state index contributed by atoms with van der Waals surface area (Å²) in [5, 5.41) is 16.4. The van der Waals surface area contributed by atoms with E-state index in [4.69, 9.17) is 4.74 Å². The van der Waals surface area contributed by atoms with Crippen molar-refractivity contribution in [1.29, 1.82) is 0 Å². The van der Waals surface area contributed by atoms with E-state index in [1.165, 1.54) is 0 Å². The van der Waals surface area contributed by atoms with Crippen LogP contribution in [-0.2, 0) is 4.74 Å². The number of nitrogens with zero attached hydrogens (tertiary/aromatic N) is 4. The number of aromatic hydroxyl groups is 1. The second kappa shape index (κ2) is 7.31. The lowest BCUT2D eigenvalue weighted by atomic mass is 10.2. The van der Waals surface area contributed by atoms with Crippen LogP contribution in [0.4, 0.5) is 27.8 Å². The zero-order valence-corrected chi connectivity index (χ0v) is 16.8. The first kappa shape index (κ1) is 19.1. The number of phenols is 1. The van der Waals surface area contributed by atoms with Gasteiger partial charge in [-0.25, -0.2) is 9.78 Å². The van der Waals surface area contributed by atoms with E-state index in [9.17, 15) is 9.90 Å². The summed E-state index contributed by atoms with van der Waals surface area (Å²) >= 11 is 0. The molecule has 0 spiro atoms. The number of amides is 1. The van der Waals surface area contributed by atoms with E-state index < -0.39 is 5.60 Å². The van der Waals surface area contributed by atoms with Crippen molar-refractivity contribution < 1.29 is 14.6 Å². The summed E-state index contributed by atoms with van der Waals surface area (Å²) in [6.45, 7) is 7.34. The number of ether oxygens (including phenoxy) is 1. The minimum atomic E-state index is -0.503. The van der Waals surface area contributed by atoms with Gasteiger partial charge in [-0.05, 0) is 39.3 Å². The normalized spacial score (nSPS) is 18.4. The molecule has 0 bridgehead atoms. The number of carbonyl (C=O) groups excluding carboxylic acids is 1. The van der Waals surface area contributed by atoms with Gasteiger partial charge in [-0.3, -0.25) is 4.98 Å². The van der Waals surface area contributed by atoms with E-state index in [2.05, 4.69) is 20.6 Å². The largest absolute Gasteiger partial charge is 0.508 e. The zero-order chi connectivity index (χ0) is 20.6. The fourth-order valence-electron chi connectivity index (χ4n) is 3.48. The van der Waals surface area contributed by atoms with Crippen LogP contribution < -0.4 is 15.5 Å². The first-order valence-corrected chi connectivity index (χ1v) is 9.69. The smallest absolute Gasteiger partial charge is 0.410 e. The van der Waals surface area contributed by atoms with Crippen LogP contribution in [0.15, 0.2) is 30.6 Å². The SMILES string of the molecule is CC(C)(C)OC(=O)N1CC[C@@H](Nc2cncc(N3CNc4ccc(O)cc43)n2)C1. The predicted molar refractivity (Wildman–Crippen MR) is 111 cm³/mol. The molecule has 2 aliphatic heterocycles. The number of rotatable bonds is 3. The Morgan fingerprint density at radius 1 is 1.34 bits per heavy atom. The highest BCUT2D eigenvalue weighted by atomic mass is 16.6. The molecule has 154 valence electrons. The molecule has 1 amide bonds. The molecule has 1 aromatic heterocycles. The van der Waals surface area contributed by atoms with Gasteiger partial charge in [0.25, 0.3) is 0 Å². The predicted octanol–water partition coefficient (Wildman–Crippen LogP) is 3.12. The molecule has 3 N–H and O–H groups in total. The molecule has 0 aliphatic carbocycles. The second-order valence-corrected chi connectivity index (χ2v) is 8.28. The summed E-state index contributed by atoms with van der Waals surface area (Å²) in [5.41, 5.74) is 1.29. The van der Waals surface area contributed by atoms with Crippen LogP contribution in [0.1, 0.15) is 27.2 Å². The van der Waals surface area contributed by atoms with Crippen LogP contribution in [0.3, 0.4) is 0 Å². The molecular weight excluding hydrogens is 372 g/mol. The average Bonchev–Trinajstić information content (AvgIpc) is 3.27. The van der Waals surface area contributed by atoms with Crippen LogP contribution in [0.5, 0.6) is 5.75 Å². The third kappa shape index (κ3) is 4.28. The van der Waals surface area contributed by atoms with E-state index in [0.29, 0.717) is 31.4 Å². The maximum atomic E-state index is 12.2. The summed E-state index contributed by atoms with van der Waals surface area (Å²) in [5.74, 6) is 1.52. The van der Waals surface area contributed by atoms with Crippen LogP contribution in [-0.4, -0.2) is 57.5 Å². The van der Waals surface area contributed by atoms with Crippen molar-refractivity contribution in [3.63, 3.8) is 0 Å². The van der Waals surface area contributed by atoms with E-state index in [1.54, 1.807) is 29.4 Å². The van der Waals surface area contributed by atoms with Gasteiger partial charge in [0.2, 0.25) is 0 Å². The summed E-state index contributed by atoms with van der Waals surface area (Å²) in [4.78, 5) is 24.9. The molecule has 3 heterocycles. The van der Waals surface area contributed by atoms with Crippen molar-refractivity contribution in [2.75, 3.05) is 35.3 Å². The Balaban J connectivity index is 1.42. The number of hydrogen-bond acceptors (Lipinski definition) is 8. The van der Waals surface area contributed by atoms with Gasteiger partial charge in [-0.15, -0.1) is 0 Å². The average molecular weight is 398 g/mol. The van der Waals surface area contributed by atoms with Crippen LogP contribution in [0.25, 0.3) is 0 Å². The summed E-state index contributed by atoms with van der Waals surface area (Å²) in [6, 6.07) is 5.27. The molecule has 2 aliphatic rings. The molecule has 2 aromatic rings. The van der Waals surface area contributed by atoms with E-state index in [-0.39, 0.29) is 17.9 Å². The van der Waals surface area contributed by atoms with E-state index in [0.717, 1.165) is 17.8 Å². The maximum Gasteiger partial charge on any atom is 0.410 e. The fraction of sp³-hybridized carbons (Fsp3) is 0.450. The van der Waals surface area contributed by atoms with E-state index in [1.807, 2.05) is 31.7 Å². The lowest BCUT2D eigenvalue weighted by Crippen LogP contribution is -2.36. The number of carbonyl (C=O) groups is 1. The standard InChI is InChI=1S/C20H26N6O3/c1-20(2,3)29-19(28)25-7-6-13(11-25)23-17-9-21-10-18(24-17)26-12-22-15-5-4-14(27)8-16(15)26/h4-5,8-10,13,22,27H,6-7,11-12H2,1-3H3,(H,23,24)/t13-/m1/s1. The number of aromatic nitrogens is 2. The third-order valence-corrected chi connectivity index (χ3v) is 4.79. The molecule has 0 unspecified atom stereocenters. The molecule has 0 saturated carbocycles. The van der Waals surface area contributed by atoms with Crippen molar-refractivity contribution in [3.05, 3.63) is 30.6 Å². The van der Waals surface area contributed by atoms with Crippen LogP contribution >= 0.6 is 0 Å². The van der Waals surface area contributed by atoms with Crippen molar-refractivity contribution >= 4 is 29.1 Å². The summed E-state index contributed by atoms with van der Waals surface area (Å²) in [6.07, 6.45) is 3.88. The first-order valence-electron chi connectivity index (χ1n) is 9.69. The quantitative estimate of drug-likeness (QED) is 0.678. The number of benzene rings is 1. The number of nitrogens with one attached hydrogen (secondary N) is 2. The number of anilines is 4. The maximum absolute atomic E-state index is 12.2. The molecule has 4 rings (SSSR count). The molecule has 1 atom stereocenters. The molecular formula is C20H26N6O3. The highest BCUT2D eigenvalue weighted by Gasteiger charge is 2.30. The number of phenolic OH excluding ortho intramolecular Hbond substituents is 1. The van der Waals surface area contributed by atoms with Crippen molar-refractivity contribution in [1.82, 2.24) is 14.9 Å². The van der Waals surface area contributed by atoms with Crippen molar-refractivity contribution in [2.45, 2.75) is 38.8 Å². The molecule has 0 radical (unpaired) electrons. The zero-order valence-electron chi connectivity index (χ0n) is 16.8. The van der Waals surface area contributed by atoms with Crippen LogP contribution in [0.2, 0.25) is 0 Å². The van der Waals surface area contributed by atoms with E-state index >= 15 is 0 Å². The van der Waals surface area contributed by atoms with Gasteiger partial charge in [0.05, 0.1) is 30.4 Å². The molecule has 1 fully saturated rings. The fourth-order valence-corrected chi connectivity index (χ4v) is 3.48. The third-order valence-electron chi connectivity index (χ3n) is 4.79. The molecule has 1 aromatic carbocycles. The second-order valence-electron chi connectivity index (χ2n) is 8.28. The van der Waals surface area contributed by atoms with Gasteiger partial charge in [0.15, 0.2) is 5.82 Å². The van der Waals surface area contributed by atoms with Crippen LogP contribution in [0, 0.1) is 0 Å². The minimum Gasteiger partial charge on any atom is -0.508 e. The summed E-state index contributed by atoms with van der Waals surface area (Å²) < 4.78 is 5.45. The monoisotopic (exact) mass is 398 g/mol. The van der Waals surface area contributed by atoms with Gasteiger partial charge >= 0.3 is 6.09 Å². The minimum absolute atomic E-state index is 0.0834. The molecule has 9 nitrogen and oxygen atoms in total. The number of fused-ring (bicyclic) bond motifs is 1. The van der Waals surface area contributed by atoms with Gasteiger partial charge in [-0.1, -0.05) is 0 Å². The highest BCUT2D eigenvalue weighted by molar-refractivity contribution is 5.81. The summed E-state index contributed by atoms with van der Waals surface area (Å²) in [7, 11) is 0. The van der Waals surface area contributed by atoms with Gasteiger partial charge in [0.1, 0.15) is 17.2 Å². The Labute approximate surface area is 169 Å². The Morgan fingerprint density at radius 2 is 2.17 bits per heavy atom. The number of hydrogen-bond donors (Lipinski definition) is 3. The van der Waals surface area contributed by atoms with Crippen molar-refractivity contribution in [3.8, 4) is 5.75 Å². The Bertz CT molecular complexity index is 913. The van der Waals surface area contributed by atoms with Gasteiger partial charge < -0.3 is 30.3 Å². The lowest BCUT2D eigenvalue weighted by molar-refractivity contribution is 0.0293. The number of likely N-dealkylation sites (tertiary alicyclic amines) is 1. The topological polar surface area (TPSA) is 103 Å². The first-order chi connectivity index (χ1) is 13.8. The van der Waals surface area contributed by atoms with Gasteiger partial charge in [0, 0.05) is 25.2 Å². The van der Waals surface area contributed by atoms with Gasteiger partial charge in [-0.2, -0.15) is 0 Å². The molecule has 9 heteroatoms. The molecule has 1 saturated heterocycles. The van der Waals surface area contributed by atoms with Crippen molar-refractivity contribution in [2.24, 2.45) is 0 Å². The Morgan fingerprint density at radius 3 is 2.97 bits per heavy atom. The Hall–Kier alpha value is -3.23. The Kier molecular flexibility index (Phi) is 4.81. The highest BCUT2D eigenvalue weighted by Crippen LogP contribution is 2.38. The lowest BCUT2D eigenvalue weighted by Gasteiger charge is -2.24. The molecule has 29 heavy (non-hydrogen) atoms.